The van der Waals surface area contributed by atoms with Crippen LogP contribution in [-0.2, 0) is 4.74 Å². The van der Waals surface area contributed by atoms with Crippen LogP contribution >= 0.6 is 0 Å². The van der Waals surface area contributed by atoms with Crippen molar-refractivity contribution >= 4 is 16.9 Å². The van der Waals surface area contributed by atoms with E-state index in [1.54, 1.807) is 19.1 Å². The molecule has 1 heterocycles. The number of pyridine rings is 1. The minimum atomic E-state index is -0.287. The number of esters is 1. The average molecular weight is 215 g/mol. The Labute approximate surface area is 94.1 Å². The summed E-state index contributed by atoms with van der Waals surface area (Å²) in [5, 5.41) is 0.955. The predicted octanol–water partition coefficient (Wildman–Crippen LogP) is 2.72. The number of carbonyl (C=O) groups excluding carboxylic acids is 1. The number of nitrogens with zero attached hydrogens (tertiary/aromatic N) is 1. The molecule has 0 saturated heterocycles. The van der Waals surface area contributed by atoms with Gasteiger partial charge < -0.3 is 4.74 Å². The molecular weight excluding hydrogens is 202 g/mol. The van der Waals surface area contributed by atoms with E-state index in [-0.39, 0.29) is 5.97 Å². The van der Waals surface area contributed by atoms with Crippen molar-refractivity contribution < 1.29 is 9.53 Å². The molecule has 0 aliphatic rings. The van der Waals surface area contributed by atoms with Crippen LogP contribution in [0.2, 0.25) is 0 Å². The summed E-state index contributed by atoms with van der Waals surface area (Å²) >= 11 is 0. The average Bonchev–Trinajstić information content (AvgIpc) is 2.28. The Balaban J connectivity index is 2.44. The maximum atomic E-state index is 11.5. The van der Waals surface area contributed by atoms with Gasteiger partial charge in [0.1, 0.15) is 0 Å². The summed E-state index contributed by atoms with van der Waals surface area (Å²) < 4.78 is 4.94. The maximum Gasteiger partial charge on any atom is 0.338 e. The lowest BCUT2D eigenvalue weighted by atomic mass is 10.1. The van der Waals surface area contributed by atoms with Crippen molar-refractivity contribution in [3.63, 3.8) is 0 Å². The highest BCUT2D eigenvalue weighted by Crippen LogP contribution is 2.15. The summed E-state index contributed by atoms with van der Waals surface area (Å²) in [5.74, 6) is -0.287. The molecule has 2 aromatic rings. The van der Waals surface area contributed by atoms with Crippen molar-refractivity contribution in [3.05, 3.63) is 41.6 Å². The molecule has 2 rings (SSSR count). The molecule has 82 valence electrons. The number of carbonyl (C=O) groups is 1. The number of aromatic nitrogens is 1. The van der Waals surface area contributed by atoms with Gasteiger partial charge in [-0.2, -0.15) is 0 Å². The van der Waals surface area contributed by atoms with Gasteiger partial charge in [0.2, 0.25) is 0 Å². The molecule has 0 saturated carbocycles. The van der Waals surface area contributed by atoms with Crippen molar-refractivity contribution in [2.45, 2.75) is 13.8 Å². The van der Waals surface area contributed by atoms with Crippen LogP contribution < -0.4 is 0 Å². The van der Waals surface area contributed by atoms with Crippen molar-refractivity contribution in [1.29, 1.82) is 0 Å². The molecule has 0 spiro atoms. The molecule has 0 fully saturated rings. The van der Waals surface area contributed by atoms with E-state index in [1.165, 1.54) is 0 Å². The number of hydrogen-bond acceptors (Lipinski definition) is 3. The first kappa shape index (κ1) is 10.6. The molecule has 3 heteroatoms. The first-order valence-electron chi connectivity index (χ1n) is 5.25. The third kappa shape index (κ3) is 2.03. The SMILES string of the molecule is CCOC(=O)c1ccc2nc(C)ccc2c1. The monoisotopic (exact) mass is 215 g/mol. The summed E-state index contributed by atoms with van der Waals surface area (Å²) in [7, 11) is 0. The van der Waals surface area contributed by atoms with E-state index >= 15 is 0 Å². The summed E-state index contributed by atoms with van der Waals surface area (Å²) in [6, 6.07) is 9.28. The van der Waals surface area contributed by atoms with Gasteiger partial charge in [-0.3, -0.25) is 4.98 Å². The van der Waals surface area contributed by atoms with Crippen LogP contribution in [0.25, 0.3) is 10.9 Å². The Morgan fingerprint density at radius 1 is 1.31 bits per heavy atom. The second-order valence-electron chi connectivity index (χ2n) is 3.58. The maximum absolute atomic E-state index is 11.5. The molecule has 0 aliphatic heterocycles. The summed E-state index contributed by atoms with van der Waals surface area (Å²) in [4.78, 5) is 15.9. The highest BCUT2D eigenvalue weighted by molar-refractivity contribution is 5.94. The van der Waals surface area contributed by atoms with Crippen LogP contribution in [0.15, 0.2) is 30.3 Å². The van der Waals surface area contributed by atoms with E-state index < -0.39 is 0 Å². The number of hydrogen-bond donors (Lipinski definition) is 0. The van der Waals surface area contributed by atoms with Gasteiger partial charge in [0, 0.05) is 11.1 Å². The van der Waals surface area contributed by atoms with Crippen LogP contribution in [0.1, 0.15) is 23.0 Å². The van der Waals surface area contributed by atoms with Gasteiger partial charge in [0.05, 0.1) is 17.7 Å². The Kier molecular flexibility index (Phi) is 2.86. The molecule has 1 aromatic heterocycles. The fourth-order valence-corrected chi connectivity index (χ4v) is 1.57. The molecular formula is C13H13NO2. The van der Waals surface area contributed by atoms with E-state index in [2.05, 4.69) is 4.98 Å². The van der Waals surface area contributed by atoms with Crippen LogP contribution in [0.3, 0.4) is 0 Å². The van der Waals surface area contributed by atoms with Crippen molar-refractivity contribution in [2.75, 3.05) is 6.61 Å². The van der Waals surface area contributed by atoms with Gasteiger partial charge in [0.15, 0.2) is 0 Å². The molecule has 16 heavy (non-hydrogen) atoms. The Morgan fingerprint density at radius 2 is 2.12 bits per heavy atom. The number of benzene rings is 1. The van der Waals surface area contributed by atoms with E-state index in [0.717, 1.165) is 16.6 Å². The van der Waals surface area contributed by atoms with Gasteiger partial charge in [-0.05, 0) is 38.1 Å². The molecule has 0 radical (unpaired) electrons. The molecule has 0 unspecified atom stereocenters. The summed E-state index contributed by atoms with van der Waals surface area (Å²) in [6.07, 6.45) is 0. The molecule has 0 aliphatic carbocycles. The smallest absolute Gasteiger partial charge is 0.338 e. The summed E-state index contributed by atoms with van der Waals surface area (Å²) in [5.41, 5.74) is 2.43. The van der Waals surface area contributed by atoms with Crippen molar-refractivity contribution in [1.82, 2.24) is 4.98 Å². The zero-order valence-corrected chi connectivity index (χ0v) is 9.36. The van der Waals surface area contributed by atoms with Gasteiger partial charge in [-0.1, -0.05) is 6.07 Å². The number of rotatable bonds is 2. The first-order valence-corrected chi connectivity index (χ1v) is 5.25. The third-order valence-corrected chi connectivity index (χ3v) is 2.34. The topological polar surface area (TPSA) is 39.2 Å². The van der Waals surface area contributed by atoms with Crippen molar-refractivity contribution in [2.24, 2.45) is 0 Å². The lowest BCUT2D eigenvalue weighted by Crippen LogP contribution is -2.04. The van der Waals surface area contributed by atoms with Crippen LogP contribution in [0.5, 0.6) is 0 Å². The molecule has 0 atom stereocenters. The van der Waals surface area contributed by atoms with Crippen LogP contribution in [-0.4, -0.2) is 17.6 Å². The van der Waals surface area contributed by atoms with Gasteiger partial charge in [-0.25, -0.2) is 4.79 Å². The Morgan fingerprint density at radius 3 is 2.88 bits per heavy atom. The lowest BCUT2D eigenvalue weighted by Gasteiger charge is -2.03. The zero-order valence-electron chi connectivity index (χ0n) is 9.36. The third-order valence-electron chi connectivity index (χ3n) is 2.34. The zero-order chi connectivity index (χ0) is 11.5. The minimum absolute atomic E-state index is 0.287. The van der Waals surface area contributed by atoms with Crippen LogP contribution in [0, 0.1) is 6.92 Å². The number of ether oxygens (including phenoxy) is 1. The number of fused-ring (bicyclic) bond motifs is 1. The largest absolute Gasteiger partial charge is 0.462 e. The van der Waals surface area contributed by atoms with Gasteiger partial charge in [-0.15, -0.1) is 0 Å². The fraction of sp³-hybridized carbons (Fsp3) is 0.231. The van der Waals surface area contributed by atoms with Crippen LogP contribution in [0.4, 0.5) is 0 Å². The van der Waals surface area contributed by atoms with Gasteiger partial charge >= 0.3 is 5.97 Å². The van der Waals surface area contributed by atoms with E-state index in [4.69, 9.17) is 4.74 Å². The fourth-order valence-electron chi connectivity index (χ4n) is 1.57. The Hall–Kier alpha value is -1.90. The minimum Gasteiger partial charge on any atom is -0.462 e. The number of aryl methyl sites for hydroxylation is 1. The molecule has 1 aromatic carbocycles. The van der Waals surface area contributed by atoms with Crippen molar-refractivity contribution in [3.8, 4) is 0 Å². The van der Waals surface area contributed by atoms with E-state index in [9.17, 15) is 4.79 Å². The highest BCUT2D eigenvalue weighted by Gasteiger charge is 2.06. The molecule has 3 nitrogen and oxygen atoms in total. The Bertz CT molecular complexity index is 534. The quantitative estimate of drug-likeness (QED) is 0.723. The highest BCUT2D eigenvalue weighted by atomic mass is 16.5. The second-order valence-corrected chi connectivity index (χ2v) is 3.58. The summed E-state index contributed by atoms with van der Waals surface area (Å²) in [6.45, 7) is 4.13. The molecule has 0 bridgehead atoms. The normalized spacial score (nSPS) is 10.4. The molecule has 0 N–H and O–H groups in total. The van der Waals surface area contributed by atoms with E-state index in [1.807, 2.05) is 25.1 Å². The first-order chi connectivity index (χ1) is 7.70. The standard InChI is InChI=1S/C13H13NO2/c1-3-16-13(15)11-6-7-12-10(8-11)5-4-9(2)14-12/h4-8H,3H2,1-2H3. The van der Waals surface area contributed by atoms with Gasteiger partial charge in [0.25, 0.3) is 0 Å². The predicted molar refractivity (Wildman–Crippen MR) is 62.4 cm³/mol. The second kappa shape index (κ2) is 4.31. The van der Waals surface area contributed by atoms with E-state index in [0.29, 0.717) is 12.2 Å². The lowest BCUT2D eigenvalue weighted by molar-refractivity contribution is 0.0526. The molecule has 0 amide bonds.